The SMILES string of the molecule is Cl.NC(=O)c1cccc(/C=C2\SC(=O)N(N3CCC[C@@H](N)C3)C2=O)c1. The van der Waals surface area contributed by atoms with Crippen molar-refractivity contribution < 1.29 is 14.4 Å². The van der Waals surface area contributed by atoms with E-state index in [-0.39, 0.29) is 29.6 Å². The van der Waals surface area contributed by atoms with E-state index in [1.165, 1.54) is 5.01 Å². The highest BCUT2D eigenvalue weighted by Gasteiger charge is 2.40. The average molecular weight is 383 g/mol. The summed E-state index contributed by atoms with van der Waals surface area (Å²) < 4.78 is 0. The quantitative estimate of drug-likeness (QED) is 0.768. The molecule has 3 rings (SSSR count). The molecule has 2 aliphatic rings. The van der Waals surface area contributed by atoms with Crippen LogP contribution in [0, 0.1) is 0 Å². The first-order valence-electron chi connectivity index (χ1n) is 7.64. The summed E-state index contributed by atoms with van der Waals surface area (Å²) in [6.07, 6.45) is 3.34. The van der Waals surface area contributed by atoms with E-state index in [0.29, 0.717) is 29.1 Å². The molecule has 2 aliphatic heterocycles. The summed E-state index contributed by atoms with van der Waals surface area (Å²) in [6.45, 7) is 1.12. The number of carbonyl (C=O) groups is 3. The van der Waals surface area contributed by atoms with Crippen LogP contribution in [-0.2, 0) is 4.79 Å². The van der Waals surface area contributed by atoms with Crippen molar-refractivity contribution in [3.05, 3.63) is 40.3 Å². The largest absolute Gasteiger partial charge is 0.366 e. The zero-order chi connectivity index (χ0) is 17.3. The van der Waals surface area contributed by atoms with Crippen LogP contribution in [0.2, 0.25) is 0 Å². The van der Waals surface area contributed by atoms with E-state index in [1.54, 1.807) is 35.4 Å². The van der Waals surface area contributed by atoms with Crippen LogP contribution < -0.4 is 11.5 Å². The second kappa shape index (κ2) is 8.01. The standard InChI is InChI=1S/C16H18N4O3S.ClH/c17-12-5-2-6-19(9-12)20-15(22)13(24-16(20)23)8-10-3-1-4-11(7-10)14(18)21;/h1,3-4,7-8,12H,2,5-6,9,17H2,(H2,18,21);1H/b13-8-;/t12-;/m1./s1. The molecule has 1 aromatic carbocycles. The number of halogens is 1. The van der Waals surface area contributed by atoms with Gasteiger partial charge in [0.25, 0.3) is 5.91 Å². The van der Waals surface area contributed by atoms with Crippen LogP contribution >= 0.6 is 24.2 Å². The minimum absolute atomic E-state index is 0. The predicted octanol–water partition coefficient (Wildman–Crippen LogP) is 1.58. The minimum Gasteiger partial charge on any atom is -0.366 e. The molecule has 1 aromatic rings. The Hall–Kier alpha value is -1.87. The maximum atomic E-state index is 12.6. The molecular weight excluding hydrogens is 364 g/mol. The van der Waals surface area contributed by atoms with Crippen LogP contribution in [0.3, 0.4) is 0 Å². The summed E-state index contributed by atoms with van der Waals surface area (Å²) in [6, 6.07) is 6.58. The van der Waals surface area contributed by atoms with Gasteiger partial charge in [-0.25, -0.2) is 5.01 Å². The number of primary amides is 1. The number of hydrogen-bond donors (Lipinski definition) is 2. The molecule has 0 aliphatic carbocycles. The highest BCUT2D eigenvalue weighted by atomic mass is 35.5. The lowest BCUT2D eigenvalue weighted by Gasteiger charge is -2.35. The van der Waals surface area contributed by atoms with Crippen molar-refractivity contribution in [3.63, 3.8) is 0 Å². The highest BCUT2D eigenvalue weighted by molar-refractivity contribution is 8.18. The van der Waals surface area contributed by atoms with E-state index in [1.807, 2.05) is 0 Å². The number of hydrogen-bond acceptors (Lipinski definition) is 6. The monoisotopic (exact) mass is 382 g/mol. The third-order valence-electron chi connectivity index (χ3n) is 3.96. The topological polar surface area (TPSA) is 110 Å². The number of piperidine rings is 1. The lowest BCUT2D eigenvalue weighted by Crippen LogP contribution is -2.53. The number of carbonyl (C=O) groups excluding carboxylic acids is 3. The lowest BCUT2D eigenvalue weighted by molar-refractivity contribution is -0.136. The number of hydrazine groups is 1. The predicted molar refractivity (Wildman–Crippen MR) is 98.8 cm³/mol. The van der Waals surface area contributed by atoms with Gasteiger partial charge in [0, 0.05) is 24.7 Å². The van der Waals surface area contributed by atoms with Crippen LogP contribution in [0.1, 0.15) is 28.8 Å². The number of rotatable bonds is 3. The number of nitrogens with zero attached hydrogens (tertiary/aromatic N) is 2. The van der Waals surface area contributed by atoms with E-state index < -0.39 is 5.91 Å². The first-order chi connectivity index (χ1) is 11.5. The minimum atomic E-state index is -0.541. The summed E-state index contributed by atoms with van der Waals surface area (Å²) in [5.74, 6) is -0.899. The van der Waals surface area contributed by atoms with Crippen LogP contribution in [0.4, 0.5) is 4.79 Å². The number of thioether (sulfide) groups is 1. The second-order valence-electron chi connectivity index (χ2n) is 5.80. The number of amides is 3. The molecule has 0 unspecified atom stereocenters. The third kappa shape index (κ3) is 4.21. The van der Waals surface area contributed by atoms with E-state index in [9.17, 15) is 14.4 Å². The fourth-order valence-electron chi connectivity index (χ4n) is 2.81. The van der Waals surface area contributed by atoms with Crippen LogP contribution in [-0.4, -0.2) is 46.2 Å². The van der Waals surface area contributed by atoms with E-state index in [4.69, 9.17) is 11.5 Å². The summed E-state index contributed by atoms with van der Waals surface area (Å²) in [4.78, 5) is 36.4. The molecule has 134 valence electrons. The smallest absolute Gasteiger partial charge is 0.308 e. The molecule has 1 atom stereocenters. The van der Waals surface area contributed by atoms with Crippen molar-refractivity contribution in [2.24, 2.45) is 11.5 Å². The maximum Gasteiger partial charge on any atom is 0.308 e. The first-order valence-corrected chi connectivity index (χ1v) is 8.45. The van der Waals surface area contributed by atoms with Gasteiger partial charge in [-0.2, -0.15) is 5.01 Å². The fourth-order valence-corrected chi connectivity index (χ4v) is 3.65. The summed E-state index contributed by atoms with van der Waals surface area (Å²) in [7, 11) is 0. The van der Waals surface area contributed by atoms with Gasteiger partial charge in [-0.1, -0.05) is 12.1 Å². The molecule has 7 nitrogen and oxygen atoms in total. The van der Waals surface area contributed by atoms with Gasteiger partial charge in [0.15, 0.2) is 0 Å². The molecule has 0 spiro atoms. The zero-order valence-corrected chi connectivity index (χ0v) is 15.0. The Kier molecular flexibility index (Phi) is 6.23. The van der Waals surface area contributed by atoms with Gasteiger partial charge in [0.2, 0.25) is 5.91 Å². The third-order valence-corrected chi connectivity index (χ3v) is 4.82. The molecule has 25 heavy (non-hydrogen) atoms. The Morgan fingerprint density at radius 1 is 1.32 bits per heavy atom. The Balaban J connectivity index is 0.00000225. The van der Waals surface area contributed by atoms with Crippen molar-refractivity contribution in [2.75, 3.05) is 13.1 Å². The van der Waals surface area contributed by atoms with Crippen molar-refractivity contribution in [1.82, 2.24) is 10.0 Å². The molecule has 2 fully saturated rings. The molecule has 0 aromatic heterocycles. The normalized spacial score (nSPS) is 23.0. The van der Waals surface area contributed by atoms with Gasteiger partial charge < -0.3 is 11.5 Å². The lowest BCUT2D eigenvalue weighted by atomic mass is 10.1. The first kappa shape index (κ1) is 19.5. The Labute approximate surface area is 155 Å². The summed E-state index contributed by atoms with van der Waals surface area (Å²) in [5.41, 5.74) is 12.2. The fraction of sp³-hybridized carbons (Fsp3) is 0.312. The Bertz CT molecular complexity index is 740. The van der Waals surface area contributed by atoms with Gasteiger partial charge in [0.05, 0.1) is 4.91 Å². The van der Waals surface area contributed by atoms with Crippen molar-refractivity contribution in [2.45, 2.75) is 18.9 Å². The molecule has 9 heteroatoms. The van der Waals surface area contributed by atoms with E-state index in [2.05, 4.69) is 0 Å². The highest BCUT2D eigenvalue weighted by Crippen LogP contribution is 2.34. The van der Waals surface area contributed by atoms with Crippen LogP contribution in [0.25, 0.3) is 6.08 Å². The van der Waals surface area contributed by atoms with Crippen molar-refractivity contribution in [1.29, 1.82) is 0 Å². The van der Waals surface area contributed by atoms with Crippen LogP contribution in [0.5, 0.6) is 0 Å². The van der Waals surface area contributed by atoms with Gasteiger partial charge >= 0.3 is 5.24 Å². The molecule has 3 amide bonds. The Morgan fingerprint density at radius 3 is 2.76 bits per heavy atom. The molecule has 2 heterocycles. The van der Waals surface area contributed by atoms with Gasteiger partial charge in [-0.05, 0) is 48.4 Å². The average Bonchev–Trinajstić information content (AvgIpc) is 2.81. The van der Waals surface area contributed by atoms with Crippen LogP contribution in [0.15, 0.2) is 29.2 Å². The molecule has 0 radical (unpaired) electrons. The van der Waals surface area contributed by atoms with Crippen molar-refractivity contribution in [3.8, 4) is 0 Å². The van der Waals surface area contributed by atoms with E-state index in [0.717, 1.165) is 24.6 Å². The maximum absolute atomic E-state index is 12.6. The molecule has 0 saturated carbocycles. The zero-order valence-electron chi connectivity index (χ0n) is 13.4. The Morgan fingerprint density at radius 2 is 2.08 bits per heavy atom. The van der Waals surface area contributed by atoms with Gasteiger partial charge in [-0.15, -0.1) is 12.4 Å². The second-order valence-corrected chi connectivity index (χ2v) is 6.79. The van der Waals surface area contributed by atoms with Gasteiger partial charge in [-0.3, -0.25) is 14.4 Å². The summed E-state index contributed by atoms with van der Waals surface area (Å²) >= 11 is 0.886. The molecule has 2 saturated heterocycles. The number of benzene rings is 1. The van der Waals surface area contributed by atoms with Gasteiger partial charge in [0.1, 0.15) is 0 Å². The molecular formula is C16H19ClN4O3S. The number of imide groups is 1. The molecule has 4 N–H and O–H groups in total. The summed E-state index contributed by atoms with van der Waals surface area (Å²) in [5, 5.41) is 2.56. The van der Waals surface area contributed by atoms with E-state index >= 15 is 0 Å². The molecule has 0 bridgehead atoms. The van der Waals surface area contributed by atoms with Crippen molar-refractivity contribution >= 4 is 47.3 Å². The number of nitrogens with two attached hydrogens (primary N) is 2.